The molecule has 0 spiro atoms. The average molecular weight is 291 g/mol. The van der Waals surface area contributed by atoms with Crippen LogP contribution < -0.4 is 5.32 Å². The highest BCUT2D eigenvalue weighted by atomic mass is 19.4. The molecule has 0 saturated heterocycles. The maximum Gasteiger partial charge on any atom is 0.411 e. The molecule has 112 valence electrons. The van der Waals surface area contributed by atoms with E-state index in [-0.39, 0.29) is 18.3 Å². The SMILES string of the molecule is Fc1ccc(C(CNC2CC2)COCC(F)(F)F)cc1. The van der Waals surface area contributed by atoms with E-state index in [9.17, 15) is 17.6 Å². The molecule has 6 heteroatoms. The van der Waals surface area contributed by atoms with Crippen molar-refractivity contribution in [2.75, 3.05) is 19.8 Å². The Kier molecular flexibility index (Phi) is 4.99. The minimum atomic E-state index is -4.32. The molecule has 1 aromatic carbocycles. The highest BCUT2D eigenvalue weighted by molar-refractivity contribution is 5.21. The van der Waals surface area contributed by atoms with Gasteiger partial charge in [0.25, 0.3) is 0 Å². The summed E-state index contributed by atoms with van der Waals surface area (Å²) < 4.78 is 53.9. The predicted octanol–water partition coefficient (Wildman–Crippen LogP) is 3.24. The van der Waals surface area contributed by atoms with Gasteiger partial charge in [-0.05, 0) is 30.5 Å². The van der Waals surface area contributed by atoms with Gasteiger partial charge in [-0.15, -0.1) is 0 Å². The van der Waals surface area contributed by atoms with Gasteiger partial charge >= 0.3 is 6.18 Å². The van der Waals surface area contributed by atoms with E-state index in [1.54, 1.807) is 12.1 Å². The molecule has 0 bridgehead atoms. The summed E-state index contributed by atoms with van der Waals surface area (Å²) in [6, 6.07) is 6.25. The first kappa shape index (κ1) is 15.3. The standard InChI is InChI=1S/C14H17F4NO/c15-12-3-1-10(2-4-12)11(7-19-13-5-6-13)8-20-9-14(16,17)18/h1-4,11,13,19H,5-9H2. The first-order chi connectivity index (χ1) is 9.44. The molecule has 1 aliphatic rings. The molecule has 0 radical (unpaired) electrons. The summed E-state index contributed by atoms with van der Waals surface area (Å²) in [4.78, 5) is 0. The van der Waals surface area contributed by atoms with Crippen molar-refractivity contribution < 1.29 is 22.3 Å². The Morgan fingerprint density at radius 2 is 1.85 bits per heavy atom. The summed E-state index contributed by atoms with van der Waals surface area (Å²) in [6.07, 6.45) is -2.13. The zero-order valence-electron chi connectivity index (χ0n) is 10.9. The van der Waals surface area contributed by atoms with Gasteiger partial charge in [0.15, 0.2) is 0 Å². The molecule has 1 atom stereocenters. The summed E-state index contributed by atoms with van der Waals surface area (Å²) in [5.74, 6) is -0.572. The number of halogens is 4. The number of nitrogens with one attached hydrogen (secondary N) is 1. The molecule has 1 fully saturated rings. The normalized spacial score (nSPS) is 17.2. The van der Waals surface area contributed by atoms with Gasteiger partial charge in [0, 0.05) is 18.5 Å². The van der Waals surface area contributed by atoms with Crippen molar-refractivity contribution in [1.82, 2.24) is 5.32 Å². The summed E-state index contributed by atoms with van der Waals surface area (Å²) in [5.41, 5.74) is 0.779. The zero-order chi connectivity index (χ0) is 14.6. The van der Waals surface area contributed by atoms with Gasteiger partial charge < -0.3 is 10.1 Å². The van der Waals surface area contributed by atoms with E-state index in [0.717, 1.165) is 18.4 Å². The fourth-order valence-corrected chi connectivity index (χ4v) is 1.92. The Hall–Kier alpha value is -1.14. The van der Waals surface area contributed by atoms with Crippen LogP contribution in [0.5, 0.6) is 0 Å². The fraction of sp³-hybridized carbons (Fsp3) is 0.571. The van der Waals surface area contributed by atoms with E-state index in [0.29, 0.717) is 12.6 Å². The zero-order valence-corrected chi connectivity index (χ0v) is 10.9. The van der Waals surface area contributed by atoms with Crippen molar-refractivity contribution in [3.05, 3.63) is 35.6 Å². The van der Waals surface area contributed by atoms with Gasteiger partial charge in [-0.2, -0.15) is 13.2 Å². The van der Waals surface area contributed by atoms with Crippen LogP contribution in [0.4, 0.5) is 17.6 Å². The van der Waals surface area contributed by atoms with Crippen LogP contribution >= 0.6 is 0 Å². The molecule has 2 nitrogen and oxygen atoms in total. The molecule has 20 heavy (non-hydrogen) atoms. The van der Waals surface area contributed by atoms with E-state index in [2.05, 4.69) is 5.32 Å². The molecule has 1 aliphatic carbocycles. The summed E-state index contributed by atoms with van der Waals surface area (Å²) in [7, 11) is 0. The molecule has 2 rings (SSSR count). The number of alkyl halides is 3. The molecular weight excluding hydrogens is 274 g/mol. The van der Waals surface area contributed by atoms with Gasteiger partial charge in [-0.1, -0.05) is 12.1 Å². The smallest absolute Gasteiger partial charge is 0.371 e. The number of hydrogen-bond donors (Lipinski definition) is 1. The van der Waals surface area contributed by atoms with E-state index in [1.807, 2.05) is 0 Å². The largest absolute Gasteiger partial charge is 0.411 e. The second kappa shape index (κ2) is 6.54. The average Bonchev–Trinajstić information content (AvgIpc) is 3.17. The Bertz CT molecular complexity index is 414. The van der Waals surface area contributed by atoms with Crippen LogP contribution in [-0.2, 0) is 4.74 Å². The molecule has 0 heterocycles. The molecule has 1 saturated carbocycles. The Morgan fingerprint density at radius 1 is 1.20 bits per heavy atom. The van der Waals surface area contributed by atoms with Crippen molar-refractivity contribution in [2.45, 2.75) is 31.0 Å². The van der Waals surface area contributed by atoms with Crippen molar-refractivity contribution in [1.29, 1.82) is 0 Å². The number of hydrogen-bond acceptors (Lipinski definition) is 2. The van der Waals surface area contributed by atoms with Crippen LogP contribution in [0.1, 0.15) is 24.3 Å². The number of ether oxygens (including phenoxy) is 1. The highest BCUT2D eigenvalue weighted by Crippen LogP contribution is 2.23. The van der Waals surface area contributed by atoms with E-state index in [4.69, 9.17) is 4.74 Å². The van der Waals surface area contributed by atoms with Crippen molar-refractivity contribution in [3.63, 3.8) is 0 Å². The monoisotopic (exact) mass is 291 g/mol. The molecule has 1 aromatic rings. The maximum atomic E-state index is 12.9. The molecule has 0 aliphatic heterocycles. The van der Waals surface area contributed by atoms with E-state index >= 15 is 0 Å². The molecule has 1 unspecified atom stereocenters. The topological polar surface area (TPSA) is 21.3 Å². The van der Waals surface area contributed by atoms with Crippen LogP contribution in [0.2, 0.25) is 0 Å². The molecule has 1 N–H and O–H groups in total. The highest BCUT2D eigenvalue weighted by Gasteiger charge is 2.28. The summed E-state index contributed by atoms with van der Waals surface area (Å²) in [6.45, 7) is -0.757. The van der Waals surface area contributed by atoms with Crippen LogP contribution in [0.3, 0.4) is 0 Å². The van der Waals surface area contributed by atoms with Crippen LogP contribution in [0, 0.1) is 5.82 Å². The van der Waals surface area contributed by atoms with Crippen molar-refractivity contribution in [3.8, 4) is 0 Å². The van der Waals surface area contributed by atoms with Crippen molar-refractivity contribution in [2.24, 2.45) is 0 Å². The maximum absolute atomic E-state index is 12.9. The second-order valence-electron chi connectivity index (χ2n) is 5.06. The first-order valence-corrected chi connectivity index (χ1v) is 6.57. The number of rotatable bonds is 7. The minimum absolute atomic E-state index is 0.0368. The second-order valence-corrected chi connectivity index (χ2v) is 5.06. The van der Waals surface area contributed by atoms with Crippen molar-refractivity contribution >= 4 is 0 Å². The Balaban J connectivity index is 1.90. The Morgan fingerprint density at radius 3 is 2.40 bits per heavy atom. The predicted molar refractivity (Wildman–Crippen MR) is 67.0 cm³/mol. The van der Waals surface area contributed by atoms with E-state index in [1.165, 1.54) is 12.1 Å². The van der Waals surface area contributed by atoms with Gasteiger partial charge in [0.2, 0.25) is 0 Å². The third kappa shape index (κ3) is 5.46. The van der Waals surface area contributed by atoms with Gasteiger partial charge in [-0.25, -0.2) is 4.39 Å². The fourth-order valence-electron chi connectivity index (χ4n) is 1.92. The lowest BCUT2D eigenvalue weighted by molar-refractivity contribution is -0.174. The number of benzene rings is 1. The Labute approximate surface area is 115 Å². The van der Waals surface area contributed by atoms with Gasteiger partial charge in [0.1, 0.15) is 12.4 Å². The summed E-state index contributed by atoms with van der Waals surface area (Å²) in [5, 5.41) is 3.26. The van der Waals surface area contributed by atoms with Crippen LogP contribution in [0.25, 0.3) is 0 Å². The third-order valence-corrected chi connectivity index (χ3v) is 3.16. The van der Waals surface area contributed by atoms with Gasteiger partial charge in [0.05, 0.1) is 6.61 Å². The summed E-state index contributed by atoms with van der Waals surface area (Å²) >= 11 is 0. The molecule has 0 amide bonds. The lowest BCUT2D eigenvalue weighted by atomic mass is 10.00. The van der Waals surface area contributed by atoms with Crippen LogP contribution in [0.15, 0.2) is 24.3 Å². The van der Waals surface area contributed by atoms with Crippen LogP contribution in [-0.4, -0.2) is 32.0 Å². The lowest BCUT2D eigenvalue weighted by Crippen LogP contribution is -2.28. The minimum Gasteiger partial charge on any atom is -0.371 e. The van der Waals surface area contributed by atoms with Gasteiger partial charge in [-0.3, -0.25) is 0 Å². The molecular formula is C14H17F4NO. The van der Waals surface area contributed by atoms with E-state index < -0.39 is 12.8 Å². The molecule has 0 aromatic heterocycles. The first-order valence-electron chi connectivity index (χ1n) is 6.57. The lowest BCUT2D eigenvalue weighted by Gasteiger charge is -2.19. The quantitative estimate of drug-likeness (QED) is 0.779. The third-order valence-electron chi connectivity index (χ3n) is 3.16.